The van der Waals surface area contributed by atoms with Crippen LogP contribution in [0.15, 0.2) is 65.1 Å². The predicted molar refractivity (Wildman–Crippen MR) is 147 cm³/mol. The first kappa shape index (κ1) is 26.9. The van der Waals surface area contributed by atoms with Crippen molar-refractivity contribution in [2.75, 3.05) is 19.0 Å². The average Bonchev–Trinajstić information content (AvgIpc) is 3.30. The van der Waals surface area contributed by atoms with E-state index in [2.05, 4.69) is 42.6 Å². The second-order valence-electron chi connectivity index (χ2n) is 9.04. The van der Waals surface area contributed by atoms with Gasteiger partial charge < -0.3 is 23.9 Å². The minimum absolute atomic E-state index is 0.0692. The van der Waals surface area contributed by atoms with E-state index in [4.69, 9.17) is 18.6 Å². The first-order valence-corrected chi connectivity index (χ1v) is 12.7. The molecule has 38 heavy (non-hydrogen) atoms. The molecule has 1 aromatic heterocycles. The Bertz CT molecular complexity index is 1440. The molecule has 7 nitrogen and oxygen atoms in total. The van der Waals surface area contributed by atoms with Gasteiger partial charge >= 0.3 is 5.97 Å². The molecule has 1 amide bonds. The van der Waals surface area contributed by atoms with Crippen molar-refractivity contribution in [2.24, 2.45) is 0 Å². The van der Waals surface area contributed by atoms with Crippen LogP contribution in [0.1, 0.15) is 43.2 Å². The zero-order chi connectivity index (χ0) is 27.1. The highest BCUT2D eigenvalue weighted by atomic mass is 16.5. The van der Waals surface area contributed by atoms with Gasteiger partial charge in [0, 0.05) is 42.3 Å². The number of furan rings is 1. The second kappa shape index (κ2) is 12.4. The van der Waals surface area contributed by atoms with Crippen LogP contribution in [-0.2, 0) is 45.1 Å². The van der Waals surface area contributed by atoms with Crippen molar-refractivity contribution in [3.05, 3.63) is 83.1 Å². The number of hydrogen-bond acceptors (Lipinski definition) is 6. The molecule has 4 aromatic rings. The Morgan fingerprint density at radius 2 is 1.79 bits per heavy atom. The van der Waals surface area contributed by atoms with E-state index in [-0.39, 0.29) is 24.9 Å². The lowest BCUT2D eigenvalue weighted by Gasteiger charge is -2.14. The number of amides is 1. The molecule has 0 aliphatic carbocycles. The lowest BCUT2D eigenvalue weighted by atomic mass is 9.98. The van der Waals surface area contributed by atoms with E-state index in [0.29, 0.717) is 30.2 Å². The summed E-state index contributed by atoms with van der Waals surface area (Å²) in [6.45, 7) is 6.28. The number of anilines is 1. The summed E-state index contributed by atoms with van der Waals surface area (Å²) in [4.78, 5) is 23.8. The largest absolute Gasteiger partial charge is 0.489 e. The van der Waals surface area contributed by atoms with Gasteiger partial charge in [-0.05, 0) is 54.3 Å². The van der Waals surface area contributed by atoms with Gasteiger partial charge in [0.05, 0.1) is 13.0 Å². The number of ether oxygens (including phenoxy) is 3. The molecule has 0 aliphatic heterocycles. The van der Waals surface area contributed by atoms with Crippen molar-refractivity contribution in [3.8, 4) is 16.9 Å². The number of benzene rings is 3. The van der Waals surface area contributed by atoms with Crippen LogP contribution in [0, 0.1) is 0 Å². The third-order valence-corrected chi connectivity index (χ3v) is 6.08. The Morgan fingerprint density at radius 3 is 2.53 bits per heavy atom. The highest BCUT2D eigenvalue weighted by molar-refractivity contribution is 5.94. The van der Waals surface area contributed by atoms with Crippen LogP contribution in [0.4, 0.5) is 5.69 Å². The molecule has 1 N–H and O–H groups in total. The molecule has 0 spiro atoms. The number of hydrogen-bond donors (Lipinski definition) is 1. The van der Waals surface area contributed by atoms with Gasteiger partial charge in [0.2, 0.25) is 5.91 Å². The molecular weight excluding hydrogens is 482 g/mol. The van der Waals surface area contributed by atoms with E-state index < -0.39 is 0 Å². The van der Waals surface area contributed by atoms with Crippen molar-refractivity contribution in [1.82, 2.24) is 0 Å². The summed E-state index contributed by atoms with van der Waals surface area (Å²) in [5.41, 5.74) is 6.27. The molecule has 0 fully saturated rings. The smallest absolute Gasteiger partial charge is 0.310 e. The lowest BCUT2D eigenvalue weighted by Crippen LogP contribution is -2.10. The standard InChI is InChI=1S/C31H33NO6/c1-5-21-8-7-9-23(12-21)28-14-22(13-25-15-27(19-35-4)38-31(25)28)18-37-29-17-26(32-20(3)33)11-10-24(29)16-30(34)36-6-2/h7-15,17H,5-6,16,18-19H2,1-4H3,(H,32,33). The number of carbonyl (C=O) groups is 2. The molecule has 0 saturated carbocycles. The first-order valence-electron chi connectivity index (χ1n) is 12.7. The van der Waals surface area contributed by atoms with Crippen LogP contribution < -0.4 is 10.1 Å². The zero-order valence-electron chi connectivity index (χ0n) is 22.3. The molecule has 7 heteroatoms. The number of fused-ring (bicyclic) bond motifs is 1. The van der Waals surface area contributed by atoms with Crippen molar-refractivity contribution in [1.29, 1.82) is 0 Å². The van der Waals surface area contributed by atoms with Crippen LogP contribution in [0.2, 0.25) is 0 Å². The fourth-order valence-corrected chi connectivity index (χ4v) is 4.38. The van der Waals surface area contributed by atoms with Crippen LogP contribution in [0.3, 0.4) is 0 Å². The van der Waals surface area contributed by atoms with Gasteiger partial charge in [-0.3, -0.25) is 9.59 Å². The summed E-state index contributed by atoms with van der Waals surface area (Å²) in [7, 11) is 1.64. The third-order valence-electron chi connectivity index (χ3n) is 6.08. The molecule has 0 saturated heterocycles. The number of nitrogens with one attached hydrogen (secondary N) is 1. The van der Waals surface area contributed by atoms with E-state index in [1.807, 2.05) is 12.1 Å². The van der Waals surface area contributed by atoms with E-state index in [0.717, 1.165) is 39.8 Å². The molecule has 4 rings (SSSR count). The molecule has 1 heterocycles. The molecule has 0 atom stereocenters. The van der Waals surface area contributed by atoms with Crippen LogP contribution in [0.5, 0.6) is 5.75 Å². The number of rotatable bonds is 11. The van der Waals surface area contributed by atoms with Crippen LogP contribution in [0.25, 0.3) is 22.1 Å². The first-order chi connectivity index (χ1) is 18.4. The maximum atomic E-state index is 12.2. The maximum absolute atomic E-state index is 12.2. The van der Waals surface area contributed by atoms with E-state index in [9.17, 15) is 9.59 Å². The number of carbonyl (C=O) groups excluding carboxylic acids is 2. The highest BCUT2D eigenvalue weighted by Gasteiger charge is 2.15. The third kappa shape index (κ3) is 6.61. The molecule has 3 aromatic carbocycles. The summed E-state index contributed by atoms with van der Waals surface area (Å²) in [6.07, 6.45) is 1.00. The number of esters is 1. The van der Waals surface area contributed by atoms with Gasteiger partial charge in [-0.25, -0.2) is 0 Å². The van der Waals surface area contributed by atoms with Crippen molar-refractivity contribution >= 4 is 28.5 Å². The van der Waals surface area contributed by atoms with Crippen molar-refractivity contribution in [2.45, 2.75) is 46.8 Å². The van der Waals surface area contributed by atoms with Crippen molar-refractivity contribution < 1.29 is 28.2 Å². The van der Waals surface area contributed by atoms with Gasteiger partial charge in [-0.15, -0.1) is 0 Å². The Balaban J connectivity index is 1.70. The maximum Gasteiger partial charge on any atom is 0.310 e. The highest BCUT2D eigenvalue weighted by Crippen LogP contribution is 2.34. The minimum Gasteiger partial charge on any atom is -0.489 e. The summed E-state index contributed by atoms with van der Waals surface area (Å²) >= 11 is 0. The minimum atomic E-state index is -0.340. The van der Waals surface area contributed by atoms with Gasteiger partial charge in [0.25, 0.3) is 0 Å². The quantitative estimate of drug-likeness (QED) is 0.231. The molecule has 0 aliphatic rings. The Morgan fingerprint density at radius 1 is 0.947 bits per heavy atom. The van der Waals surface area contributed by atoms with Crippen molar-refractivity contribution in [3.63, 3.8) is 0 Å². The molecule has 198 valence electrons. The molecular formula is C31H33NO6. The fraction of sp³-hybridized carbons (Fsp3) is 0.290. The molecule has 0 radical (unpaired) electrons. The Kier molecular flexibility index (Phi) is 8.81. The number of aryl methyl sites for hydroxylation is 1. The topological polar surface area (TPSA) is 87.0 Å². The average molecular weight is 516 g/mol. The normalized spacial score (nSPS) is 10.9. The summed E-state index contributed by atoms with van der Waals surface area (Å²) in [6, 6.07) is 19.8. The number of methoxy groups -OCH3 is 1. The zero-order valence-corrected chi connectivity index (χ0v) is 22.3. The Labute approximate surface area is 222 Å². The predicted octanol–water partition coefficient (Wildman–Crippen LogP) is 6.45. The molecule has 0 bridgehead atoms. The van der Waals surface area contributed by atoms with Gasteiger partial charge in [0.1, 0.15) is 30.3 Å². The summed E-state index contributed by atoms with van der Waals surface area (Å²) < 4.78 is 22.8. The fourth-order valence-electron chi connectivity index (χ4n) is 4.38. The van der Waals surface area contributed by atoms with Gasteiger partial charge in [-0.1, -0.05) is 37.3 Å². The van der Waals surface area contributed by atoms with E-state index >= 15 is 0 Å². The summed E-state index contributed by atoms with van der Waals surface area (Å²) in [5.74, 6) is 0.720. The monoisotopic (exact) mass is 515 g/mol. The second-order valence-corrected chi connectivity index (χ2v) is 9.04. The van der Waals surface area contributed by atoms with Crippen LogP contribution in [-0.4, -0.2) is 25.6 Å². The SMILES string of the molecule is CCOC(=O)Cc1ccc(NC(C)=O)cc1OCc1cc(-c2cccc(CC)c2)c2oc(COC)cc2c1. The van der Waals surface area contributed by atoms with Gasteiger partial charge in [-0.2, -0.15) is 0 Å². The summed E-state index contributed by atoms with van der Waals surface area (Å²) in [5, 5.41) is 3.72. The lowest BCUT2D eigenvalue weighted by molar-refractivity contribution is -0.142. The molecule has 0 unspecified atom stereocenters. The van der Waals surface area contributed by atoms with E-state index in [1.54, 1.807) is 32.2 Å². The van der Waals surface area contributed by atoms with Crippen LogP contribution >= 0.6 is 0 Å². The Hall–Kier alpha value is -4.10. The van der Waals surface area contributed by atoms with Gasteiger partial charge in [0.15, 0.2) is 0 Å². The van der Waals surface area contributed by atoms with E-state index in [1.165, 1.54) is 12.5 Å².